The van der Waals surface area contributed by atoms with Gasteiger partial charge in [-0.1, -0.05) is 19.1 Å². The van der Waals surface area contributed by atoms with Crippen LogP contribution in [0.2, 0.25) is 0 Å². The van der Waals surface area contributed by atoms with E-state index < -0.39 is 5.63 Å². The SMILES string of the molecule is CCCN(C(=O)NC(C)C)c1nc2ccccc2c(=O)o1. The first-order valence-corrected chi connectivity index (χ1v) is 7.00. The fraction of sp³-hybridized carbons (Fsp3) is 0.400. The summed E-state index contributed by atoms with van der Waals surface area (Å²) in [5.74, 6) is 0. The van der Waals surface area contributed by atoms with Crippen molar-refractivity contribution in [1.29, 1.82) is 0 Å². The van der Waals surface area contributed by atoms with Crippen LogP contribution in [0.1, 0.15) is 27.2 Å². The molecule has 2 rings (SSSR count). The number of para-hydroxylation sites is 1. The van der Waals surface area contributed by atoms with Crippen LogP contribution in [0.5, 0.6) is 0 Å². The second-order valence-electron chi connectivity index (χ2n) is 5.06. The Morgan fingerprint density at radius 2 is 2.10 bits per heavy atom. The number of benzene rings is 1. The standard InChI is InChI=1S/C15H19N3O3/c1-4-9-18(14(20)16-10(2)3)15-17-12-8-6-5-7-11(12)13(19)21-15/h5-8,10H,4,9H2,1-3H3,(H,16,20). The minimum Gasteiger partial charge on any atom is -0.388 e. The van der Waals surface area contributed by atoms with Gasteiger partial charge in [-0.25, -0.2) is 14.5 Å². The van der Waals surface area contributed by atoms with Crippen LogP contribution in [-0.2, 0) is 0 Å². The lowest BCUT2D eigenvalue weighted by molar-refractivity contribution is 0.242. The van der Waals surface area contributed by atoms with Gasteiger partial charge in [-0.2, -0.15) is 4.98 Å². The number of nitrogens with one attached hydrogen (secondary N) is 1. The molecule has 1 N–H and O–H groups in total. The molecule has 2 aromatic rings. The first kappa shape index (κ1) is 15.0. The molecule has 0 saturated carbocycles. The quantitative estimate of drug-likeness (QED) is 0.938. The predicted octanol–water partition coefficient (Wildman–Crippen LogP) is 2.52. The van der Waals surface area contributed by atoms with Crippen LogP contribution in [0, 0.1) is 0 Å². The lowest BCUT2D eigenvalue weighted by atomic mass is 10.2. The number of hydrogen-bond donors (Lipinski definition) is 1. The summed E-state index contributed by atoms with van der Waals surface area (Å²) >= 11 is 0. The Kier molecular flexibility index (Phi) is 4.57. The van der Waals surface area contributed by atoms with Gasteiger partial charge >= 0.3 is 17.7 Å². The van der Waals surface area contributed by atoms with Gasteiger partial charge in [-0.3, -0.25) is 0 Å². The molecule has 6 heteroatoms. The van der Waals surface area contributed by atoms with Gasteiger partial charge in [0.1, 0.15) is 0 Å². The van der Waals surface area contributed by atoms with Crippen molar-refractivity contribution < 1.29 is 9.21 Å². The van der Waals surface area contributed by atoms with Crippen molar-refractivity contribution in [1.82, 2.24) is 10.3 Å². The van der Waals surface area contributed by atoms with E-state index in [9.17, 15) is 9.59 Å². The van der Waals surface area contributed by atoms with Gasteiger partial charge in [0.25, 0.3) is 0 Å². The van der Waals surface area contributed by atoms with Crippen molar-refractivity contribution in [2.45, 2.75) is 33.2 Å². The lowest BCUT2D eigenvalue weighted by Gasteiger charge is -2.21. The van der Waals surface area contributed by atoms with E-state index >= 15 is 0 Å². The number of aromatic nitrogens is 1. The van der Waals surface area contributed by atoms with Crippen molar-refractivity contribution >= 4 is 22.9 Å². The molecule has 1 aromatic carbocycles. The highest BCUT2D eigenvalue weighted by molar-refractivity contribution is 5.90. The summed E-state index contributed by atoms with van der Waals surface area (Å²) in [4.78, 5) is 29.8. The van der Waals surface area contributed by atoms with Gasteiger partial charge in [-0.05, 0) is 32.4 Å². The maximum absolute atomic E-state index is 12.2. The minimum atomic E-state index is -0.492. The number of fused-ring (bicyclic) bond motifs is 1. The zero-order chi connectivity index (χ0) is 15.4. The molecule has 0 atom stereocenters. The summed E-state index contributed by atoms with van der Waals surface area (Å²) in [6.45, 7) is 6.10. The highest BCUT2D eigenvalue weighted by Gasteiger charge is 2.20. The zero-order valence-electron chi connectivity index (χ0n) is 12.4. The Morgan fingerprint density at radius 1 is 1.38 bits per heavy atom. The maximum Gasteiger partial charge on any atom is 0.348 e. The molecule has 0 bridgehead atoms. The van der Waals surface area contributed by atoms with Crippen molar-refractivity contribution in [3.63, 3.8) is 0 Å². The highest BCUT2D eigenvalue weighted by Crippen LogP contribution is 2.15. The number of rotatable bonds is 4. The van der Waals surface area contributed by atoms with E-state index in [0.29, 0.717) is 17.4 Å². The normalized spacial score (nSPS) is 10.9. The Hall–Kier alpha value is -2.37. The Morgan fingerprint density at radius 3 is 2.76 bits per heavy atom. The fourth-order valence-corrected chi connectivity index (χ4v) is 1.96. The summed E-state index contributed by atoms with van der Waals surface area (Å²) in [7, 11) is 0. The van der Waals surface area contributed by atoms with Gasteiger partial charge in [0.05, 0.1) is 10.9 Å². The van der Waals surface area contributed by atoms with Crippen LogP contribution in [-0.4, -0.2) is 23.6 Å². The number of hydrogen-bond acceptors (Lipinski definition) is 4. The Balaban J connectivity index is 2.45. The third-order valence-electron chi connectivity index (χ3n) is 2.86. The van der Waals surface area contributed by atoms with E-state index in [-0.39, 0.29) is 18.1 Å². The van der Waals surface area contributed by atoms with E-state index in [0.717, 1.165) is 6.42 Å². The molecule has 6 nitrogen and oxygen atoms in total. The molecule has 0 spiro atoms. The largest absolute Gasteiger partial charge is 0.388 e. The average Bonchev–Trinajstić information content (AvgIpc) is 2.43. The van der Waals surface area contributed by atoms with Crippen LogP contribution in [0.25, 0.3) is 10.9 Å². The van der Waals surface area contributed by atoms with E-state index in [1.54, 1.807) is 24.3 Å². The van der Waals surface area contributed by atoms with Gasteiger partial charge in [0, 0.05) is 12.6 Å². The predicted molar refractivity (Wildman–Crippen MR) is 81.6 cm³/mol. The summed E-state index contributed by atoms with van der Waals surface area (Å²) in [6, 6.07) is 6.60. The monoisotopic (exact) mass is 289 g/mol. The molecular weight excluding hydrogens is 270 g/mol. The molecule has 2 amide bonds. The second-order valence-corrected chi connectivity index (χ2v) is 5.06. The molecule has 1 heterocycles. The summed E-state index contributed by atoms with van der Waals surface area (Å²) < 4.78 is 5.21. The number of carbonyl (C=O) groups is 1. The average molecular weight is 289 g/mol. The smallest absolute Gasteiger partial charge is 0.348 e. The van der Waals surface area contributed by atoms with Gasteiger partial charge in [0.2, 0.25) is 0 Å². The van der Waals surface area contributed by atoms with Crippen LogP contribution < -0.4 is 15.8 Å². The van der Waals surface area contributed by atoms with Crippen molar-refractivity contribution in [2.24, 2.45) is 0 Å². The molecule has 112 valence electrons. The first-order valence-electron chi connectivity index (χ1n) is 7.00. The molecule has 0 aliphatic carbocycles. The molecule has 0 unspecified atom stereocenters. The molecule has 0 radical (unpaired) electrons. The number of urea groups is 1. The second kappa shape index (κ2) is 6.39. The number of amides is 2. The molecular formula is C15H19N3O3. The molecule has 0 aliphatic rings. The van der Waals surface area contributed by atoms with Gasteiger partial charge in [-0.15, -0.1) is 0 Å². The zero-order valence-corrected chi connectivity index (χ0v) is 12.4. The summed E-state index contributed by atoms with van der Waals surface area (Å²) in [5, 5.41) is 3.18. The van der Waals surface area contributed by atoms with Crippen LogP contribution >= 0.6 is 0 Å². The van der Waals surface area contributed by atoms with E-state index in [1.807, 2.05) is 20.8 Å². The van der Waals surface area contributed by atoms with E-state index in [2.05, 4.69) is 10.3 Å². The minimum absolute atomic E-state index is 0.0102. The summed E-state index contributed by atoms with van der Waals surface area (Å²) in [6.07, 6.45) is 0.726. The Bertz CT molecular complexity index is 694. The Labute approximate surface area is 122 Å². The number of carbonyl (C=O) groups excluding carboxylic acids is 1. The molecule has 0 fully saturated rings. The molecule has 1 aromatic heterocycles. The lowest BCUT2D eigenvalue weighted by Crippen LogP contribution is -2.44. The number of nitrogens with zero attached hydrogens (tertiary/aromatic N) is 2. The van der Waals surface area contributed by atoms with E-state index in [1.165, 1.54) is 4.90 Å². The van der Waals surface area contributed by atoms with Crippen molar-refractivity contribution in [3.05, 3.63) is 34.7 Å². The van der Waals surface area contributed by atoms with Gasteiger partial charge < -0.3 is 9.73 Å². The van der Waals surface area contributed by atoms with Crippen LogP contribution in [0.4, 0.5) is 10.8 Å². The molecule has 0 saturated heterocycles. The van der Waals surface area contributed by atoms with Crippen molar-refractivity contribution in [2.75, 3.05) is 11.4 Å². The van der Waals surface area contributed by atoms with Crippen LogP contribution in [0.15, 0.2) is 33.5 Å². The maximum atomic E-state index is 12.2. The third kappa shape index (κ3) is 3.39. The first-order chi connectivity index (χ1) is 10.0. The molecule has 0 aliphatic heterocycles. The molecule has 21 heavy (non-hydrogen) atoms. The fourth-order valence-electron chi connectivity index (χ4n) is 1.96. The topological polar surface area (TPSA) is 75.4 Å². The van der Waals surface area contributed by atoms with Gasteiger partial charge in [0.15, 0.2) is 0 Å². The van der Waals surface area contributed by atoms with E-state index in [4.69, 9.17) is 4.42 Å². The highest BCUT2D eigenvalue weighted by atomic mass is 16.4. The van der Waals surface area contributed by atoms with Crippen molar-refractivity contribution in [3.8, 4) is 0 Å². The summed E-state index contributed by atoms with van der Waals surface area (Å²) in [5.41, 5.74) is 0.0243. The van der Waals surface area contributed by atoms with Crippen LogP contribution in [0.3, 0.4) is 0 Å². The number of anilines is 1. The third-order valence-corrected chi connectivity index (χ3v) is 2.86.